The van der Waals surface area contributed by atoms with Gasteiger partial charge in [-0.3, -0.25) is 9.59 Å². The second-order valence-corrected chi connectivity index (χ2v) is 4.37. The lowest BCUT2D eigenvalue weighted by Gasteiger charge is -2.17. The van der Waals surface area contributed by atoms with E-state index >= 15 is 0 Å². The molecule has 1 unspecified atom stereocenters. The van der Waals surface area contributed by atoms with Gasteiger partial charge in [0.2, 0.25) is 5.91 Å². The average molecular weight is 304 g/mol. The molecule has 0 aliphatic carbocycles. The van der Waals surface area contributed by atoms with Crippen molar-refractivity contribution in [3.8, 4) is 0 Å². The molecule has 1 aromatic carbocycles. The van der Waals surface area contributed by atoms with Crippen LogP contribution in [-0.4, -0.2) is 17.0 Å². The summed E-state index contributed by atoms with van der Waals surface area (Å²) in [5, 5.41) is 11.2. The lowest BCUT2D eigenvalue weighted by atomic mass is 10.0. The molecule has 1 amide bonds. The van der Waals surface area contributed by atoms with Gasteiger partial charge in [-0.05, 0) is 23.8 Å². The average Bonchev–Trinajstić information content (AvgIpc) is 2.19. The molecule has 0 saturated heterocycles. The first-order valence-electron chi connectivity index (χ1n) is 4.84. The van der Waals surface area contributed by atoms with Crippen molar-refractivity contribution in [1.29, 1.82) is 0 Å². The van der Waals surface area contributed by atoms with E-state index in [1.165, 1.54) is 25.1 Å². The summed E-state index contributed by atoms with van der Waals surface area (Å²) in [5.41, 5.74) is 0.405. The fourth-order valence-corrected chi connectivity index (χ4v) is 1.96. The Labute approximate surface area is 106 Å². The number of hydrogen-bond donors (Lipinski definition) is 2. The van der Waals surface area contributed by atoms with Crippen LogP contribution in [-0.2, 0) is 9.59 Å². The van der Waals surface area contributed by atoms with Crippen molar-refractivity contribution >= 4 is 27.8 Å². The van der Waals surface area contributed by atoms with Gasteiger partial charge in [-0.1, -0.05) is 15.9 Å². The van der Waals surface area contributed by atoms with E-state index in [9.17, 15) is 14.0 Å². The third-order valence-electron chi connectivity index (χ3n) is 2.09. The van der Waals surface area contributed by atoms with Gasteiger partial charge in [0.15, 0.2) is 0 Å². The van der Waals surface area contributed by atoms with Crippen LogP contribution in [0.25, 0.3) is 0 Å². The Bertz CT molecular complexity index is 434. The second kappa shape index (κ2) is 5.77. The Morgan fingerprint density at radius 3 is 2.71 bits per heavy atom. The van der Waals surface area contributed by atoms with Crippen LogP contribution in [0, 0.1) is 5.82 Å². The first-order chi connectivity index (χ1) is 7.90. The lowest BCUT2D eigenvalue weighted by Crippen LogP contribution is -2.28. The number of rotatable bonds is 4. The van der Waals surface area contributed by atoms with Gasteiger partial charge in [-0.25, -0.2) is 4.39 Å². The summed E-state index contributed by atoms with van der Waals surface area (Å²) in [4.78, 5) is 21.7. The van der Waals surface area contributed by atoms with Gasteiger partial charge in [-0.15, -0.1) is 0 Å². The number of benzene rings is 1. The minimum atomic E-state index is -1.07. The van der Waals surface area contributed by atoms with E-state index in [-0.39, 0.29) is 12.3 Å². The van der Waals surface area contributed by atoms with Gasteiger partial charge >= 0.3 is 5.97 Å². The van der Waals surface area contributed by atoms with Crippen molar-refractivity contribution in [2.45, 2.75) is 19.4 Å². The summed E-state index contributed by atoms with van der Waals surface area (Å²) in [6, 6.07) is 3.17. The SMILES string of the molecule is CC(=O)NC(CC(=O)O)c1cc(F)ccc1Br. The van der Waals surface area contributed by atoms with Crippen LogP contribution in [0.5, 0.6) is 0 Å². The summed E-state index contributed by atoms with van der Waals surface area (Å²) in [6.45, 7) is 1.28. The van der Waals surface area contributed by atoms with Gasteiger partial charge in [0.25, 0.3) is 0 Å². The van der Waals surface area contributed by atoms with E-state index in [1.54, 1.807) is 0 Å². The number of carbonyl (C=O) groups is 2. The standard InChI is InChI=1S/C11H11BrFNO3/c1-6(15)14-10(5-11(16)17)8-4-7(13)2-3-9(8)12/h2-4,10H,5H2,1H3,(H,14,15)(H,16,17). The molecule has 4 nitrogen and oxygen atoms in total. The molecule has 2 N–H and O–H groups in total. The molecule has 0 aromatic heterocycles. The van der Waals surface area contributed by atoms with Crippen molar-refractivity contribution in [2.24, 2.45) is 0 Å². The number of amides is 1. The largest absolute Gasteiger partial charge is 0.481 e. The van der Waals surface area contributed by atoms with Crippen LogP contribution < -0.4 is 5.32 Å². The summed E-state index contributed by atoms with van der Waals surface area (Å²) < 4.78 is 13.7. The van der Waals surface area contributed by atoms with E-state index in [1.807, 2.05) is 0 Å². The zero-order chi connectivity index (χ0) is 13.0. The van der Waals surface area contributed by atoms with Crippen LogP contribution >= 0.6 is 15.9 Å². The molecule has 1 atom stereocenters. The lowest BCUT2D eigenvalue weighted by molar-refractivity contribution is -0.137. The van der Waals surface area contributed by atoms with Crippen molar-refractivity contribution in [1.82, 2.24) is 5.32 Å². The second-order valence-electron chi connectivity index (χ2n) is 3.52. The molecular formula is C11H11BrFNO3. The predicted molar refractivity (Wildman–Crippen MR) is 62.9 cm³/mol. The van der Waals surface area contributed by atoms with E-state index < -0.39 is 17.8 Å². The number of carbonyl (C=O) groups excluding carboxylic acids is 1. The van der Waals surface area contributed by atoms with E-state index in [2.05, 4.69) is 21.2 Å². The van der Waals surface area contributed by atoms with Gasteiger partial charge in [0.1, 0.15) is 5.82 Å². The molecule has 0 aliphatic rings. The molecule has 1 aromatic rings. The molecule has 0 aliphatic heterocycles. The van der Waals surface area contributed by atoms with Crippen molar-refractivity contribution < 1.29 is 19.1 Å². The van der Waals surface area contributed by atoms with Crippen LogP contribution in [0.3, 0.4) is 0 Å². The monoisotopic (exact) mass is 303 g/mol. The Kier molecular flexibility index (Phi) is 4.62. The van der Waals surface area contributed by atoms with E-state index in [0.717, 1.165) is 0 Å². The third kappa shape index (κ3) is 4.14. The molecule has 6 heteroatoms. The molecule has 0 heterocycles. The molecule has 1 rings (SSSR count). The minimum Gasteiger partial charge on any atom is -0.481 e. The molecule has 0 saturated carbocycles. The highest BCUT2D eigenvalue weighted by Gasteiger charge is 2.19. The summed E-state index contributed by atoms with van der Waals surface area (Å²) >= 11 is 3.20. The Balaban J connectivity index is 3.06. The van der Waals surface area contributed by atoms with Crippen molar-refractivity contribution in [3.05, 3.63) is 34.1 Å². The number of aliphatic carboxylic acids is 1. The van der Waals surface area contributed by atoms with E-state index in [4.69, 9.17) is 5.11 Å². The quantitative estimate of drug-likeness (QED) is 0.896. The third-order valence-corrected chi connectivity index (χ3v) is 2.81. The predicted octanol–water partition coefficient (Wildman–Crippen LogP) is 2.24. The topological polar surface area (TPSA) is 66.4 Å². The molecule has 17 heavy (non-hydrogen) atoms. The van der Waals surface area contributed by atoms with Gasteiger partial charge < -0.3 is 10.4 Å². The maximum Gasteiger partial charge on any atom is 0.305 e. The first kappa shape index (κ1) is 13.6. The normalized spacial score (nSPS) is 11.9. The first-order valence-corrected chi connectivity index (χ1v) is 5.63. The van der Waals surface area contributed by atoms with Gasteiger partial charge in [-0.2, -0.15) is 0 Å². The fourth-order valence-electron chi connectivity index (χ4n) is 1.44. The van der Waals surface area contributed by atoms with Crippen LogP contribution in [0.1, 0.15) is 24.9 Å². The molecule has 92 valence electrons. The number of hydrogen-bond acceptors (Lipinski definition) is 2. The van der Waals surface area contributed by atoms with Crippen molar-refractivity contribution in [3.63, 3.8) is 0 Å². The van der Waals surface area contributed by atoms with Gasteiger partial charge in [0, 0.05) is 11.4 Å². The molecule has 0 radical (unpaired) electrons. The Morgan fingerprint density at radius 1 is 1.53 bits per heavy atom. The highest BCUT2D eigenvalue weighted by molar-refractivity contribution is 9.10. The molecule has 0 bridgehead atoms. The Morgan fingerprint density at radius 2 is 2.18 bits per heavy atom. The summed E-state index contributed by atoms with van der Waals surface area (Å²) in [7, 11) is 0. The van der Waals surface area contributed by atoms with Crippen molar-refractivity contribution in [2.75, 3.05) is 0 Å². The maximum absolute atomic E-state index is 13.1. The molecule has 0 fully saturated rings. The minimum absolute atomic E-state index is 0.304. The Hall–Kier alpha value is -1.43. The van der Waals surface area contributed by atoms with Crippen LogP contribution in [0.15, 0.2) is 22.7 Å². The summed E-state index contributed by atoms with van der Waals surface area (Å²) in [6.07, 6.45) is -0.304. The number of carboxylic acids is 1. The molecule has 0 spiro atoms. The zero-order valence-electron chi connectivity index (χ0n) is 9.04. The molecular weight excluding hydrogens is 293 g/mol. The number of carboxylic acid groups (broad SMARTS) is 1. The number of halogens is 2. The van der Waals surface area contributed by atoms with Gasteiger partial charge in [0.05, 0.1) is 12.5 Å². The highest BCUT2D eigenvalue weighted by atomic mass is 79.9. The van der Waals surface area contributed by atoms with Crippen LogP contribution in [0.2, 0.25) is 0 Å². The number of nitrogens with one attached hydrogen (secondary N) is 1. The fraction of sp³-hybridized carbons (Fsp3) is 0.273. The van der Waals surface area contributed by atoms with Crippen LogP contribution in [0.4, 0.5) is 4.39 Å². The highest BCUT2D eigenvalue weighted by Crippen LogP contribution is 2.26. The maximum atomic E-state index is 13.1. The zero-order valence-corrected chi connectivity index (χ0v) is 10.6. The summed E-state index contributed by atoms with van der Waals surface area (Å²) in [5.74, 6) is -1.92. The van der Waals surface area contributed by atoms with E-state index in [0.29, 0.717) is 10.0 Å². The smallest absolute Gasteiger partial charge is 0.305 e.